The topological polar surface area (TPSA) is 82.9 Å². The molecule has 0 bridgehead atoms. The summed E-state index contributed by atoms with van der Waals surface area (Å²) in [6, 6.07) is 15.6. The number of thiocarbonyl (C=S) groups is 1. The minimum absolute atomic E-state index is 0.00323. The lowest BCUT2D eigenvalue weighted by Crippen LogP contribution is -2.56. The van der Waals surface area contributed by atoms with Crippen molar-refractivity contribution in [2.45, 2.75) is 27.2 Å². The lowest BCUT2D eigenvalue weighted by molar-refractivity contribution is -0.127. The van der Waals surface area contributed by atoms with Crippen molar-refractivity contribution in [2.24, 2.45) is 0 Å². The zero-order chi connectivity index (χ0) is 26.1. The number of carboxylic acids is 1. The quantitative estimate of drug-likeness (QED) is 0.267. The molecule has 0 spiro atoms. The number of carbonyl (C=O) groups is 3. The zero-order valence-corrected chi connectivity index (χ0v) is 21.6. The third-order valence-corrected chi connectivity index (χ3v) is 6.73. The summed E-state index contributed by atoms with van der Waals surface area (Å²) in [7, 11) is 0. The third kappa shape index (κ3) is 4.45. The molecule has 0 atom stereocenters. The lowest BCUT2D eigenvalue weighted by Gasteiger charge is -2.36. The molecule has 2 amide bonds. The second kappa shape index (κ2) is 10.1. The molecular weight excluding hydrogens is 498 g/mol. The van der Waals surface area contributed by atoms with E-state index >= 15 is 0 Å². The number of aromatic nitrogens is 1. The number of hydrogen-bond donors (Lipinski definition) is 1. The molecule has 36 heavy (non-hydrogen) atoms. The maximum atomic E-state index is 13.6. The number of benzene rings is 2. The first-order chi connectivity index (χ1) is 17.1. The highest BCUT2D eigenvalue weighted by Gasteiger charge is 2.40. The largest absolute Gasteiger partial charge is 0.478 e. The van der Waals surface area contributed by atoms with Crippen LogP contribution < -0.4 is 4.90 Å². The molecule has 1 saturated heterocycles. The van der Waals surface area contributed by atoms with Crippen molar-refractivity contribution < 1.29 is 19.5 Å². The van der Waals surface area contributed by atoms with Gasteiger partial charge in [0.25, 0.3) is 11.8 Å². The maximum absolute atomic E-state index is 13.6. The van der Waals surface area contributed by atoms with E-state index in [0.717, 1.165) is 11.4 Å². The number of nitrogens with zero attached hydrogens (tertiary/aromatic N) is 3. The van der Waals surface area contributed by atoms with Gasteiger partial charge >= 0.3 is 5.97 Å². The molecule has 3 aromatic rings. The molecule has 2 heterocycles. The van der Waals surface area contributed by atoms with Gasteiger partial charge in [0.2, 0.25) is 0 Å². The molecule has 7 nitrogen and oxygen atoms in total. The van der Waals surface area contributed by atoms with Crippen LogP contribution in [-0.2, 0) is 9.59 Å². The first-order valence-corrected chi connectivity index (χ1v) is 12.1. The van der Waals surface area contributed by atoms with Gasteiger partial charge in [0.15, 0.2) is 5.11 Å². The number of amides is 2. The van der Waals surface area contributed by atoms with Crippen molar-refractivity contribution in [2.75, 3.05) is 11.4 Å². The lowest BCUT2D eigenvalue weighted by atomic mass is 10.1. The van der Waals surface area contributed by atoms with E-state index in [2.05, 4.69) is 0 Å². The van der Waals surface area contributed by atoms with Gasteiger partial charge in [-0.05, 0) is 80.5 Å². The zero-order valence-electron chi connectivity index (χ0n) is 20.0. The SMILES string of the molecule is CCCN1C(=O)/C(=C\c2cc(C)n(-c3ccc(Cl)c(C(=O)O)c3)c2C)C(=O)N(c2ccccc2)C1=S. The summed E-state index contributed by atoms with van der Waals surface area (Å²) >= 11 is 11.6. The molecule has 1 aliphatic rings. The first kappa shape index (κ1) is 25.3. The fourth-order valence-corrected chi connectivity index (χ4v) is 4.86. The van der Waals surface area contributed by atoms with Crippen molar-refractivity contribution in [3.63, 3.8) is 0 Å². The Balaban J connectivity index is 1.83. The van der Waals surface area contributed by atoms with E-state index < -0.39 is 17.8 Å². The second-order valence-electron chi connectivity index (χ2n) is 8.40. The van der Waals surface area contributed by atoms with Crippen LogP contribution in [0.5, 0.6) is 0 Å². The number of aromatic carboxylic acids is 1. The Kier molecular flexibility index (Phi) is 7.10. The van der Waals surface area contributed by atoms with Gasteiger partial charge in [-0.3, -0.25) is 19.4 Å². The average Bonchev–Trinajstić information content (AvgIpc) is 3.13. The van der Waals surface area contributed by atoms with Gasteiger partial charge < -0.3 is 9.67 Å². The molecule has 0 unspecified atom stereocenters. The van der Waals surface area contributed by atoms with Crippen molar-refractivity contribution in [1.82, 2.24) is 9.47 Å². The monoisotopic (exact) mass is 521 g/mol. The number of rotatable bonds is 6. The van der Waals surface area contributed by atoms with Crippen LogP contribution in [0, 0.1) is 13.8 Å². The van der Waals surface area contributed by atoms with E-state index in [1.807, 2.05) is 37.5 Å². The van der Waals surface area contributed by atoms with Crippen LogP contribution in [-0.4, -0.2) is 44.0 Å². The Labute approximate surface area is 219 Å². The summed E-state index contributed by atoms with van der Waals surface area (Å²) in [5.41, 5.74) is 3.38. The summed E-state index contributed by atoms with van der Waals surface area (Å²) in [6.07, 6.45) is 2.25. The summed E-state index contributed by atoms with van der Waals surface area (Å²) in [5.74, 6) is -2.06. The second-order valence-corrected chi connectivity index (χ2v) is 9.18. The summed E-state index contributed by atoms with van der Waals surface area (Å²) < 4.78 is 1.86. The van der Waals surface area contributed by atoms with Crippen molar-refractivity contribution in [1.29, 1.82) is 0 Å². The molecule has 0 radical (unpaired) electrons. The Morgan fingerprint density at radius 3 is 2.36 bits per heavy atom. The molecule has 1 N–H and O–H groups in total. The van der Waals surface area contributed by atoms with Crippen LogP contribution in [0.1, 0.15) is 40.7 Å². The maximum Gasteiger partial charge on any atom is 0.337 e. The van der Waals surface area contributed by atoms with Gasteiger partial charge in [0, 0.05) is 23.6 Å². The van der Waals surface area contributed by atoms with E-state index in [1.165, 1.54) is 21.9 Å². The Morgan fingerprint density at radius 1 is 1.03 bits per heavy atom. The van der Waals surface area contributed by atoms with E-state index in [-0.39, 0.29) is 21.3 Å². The van der Waals surface area contributed by atoms with Crippen LogP contribution in [0.2, 0.25) is 5.02 Å². The predicted octanol–water partition coefficient (Wildman–Crippen LogP) is 5.40. The van der Waals surface area contributed by atoms with Crippen molar-refractivity contribution in [3.8, 4) is 5.69 Å². The highest BCUT2D eigenvalue weighted by molar-refractivity contribution is 7.80. The van der Waals surface area contributed by atoms with Crippen LogP contribution in [0.15, 0.2) is 60.2 Å². The van der Waals surface area contributed by atoms with E-state index in [9.17, 15) is 19.5 Å². The number of para-hydroxylation sites is 1. The molecule has 2 aromatic carbocycles. The molecule has 1 aliphatic heterocycles. The minimum atomic E-state index is -1.13. The molecule has 0 aliphatic carbocycles. The number of halogens is 1. The van der Waals surface area contributed by atoms with Gasteiger partial charge in [-0.15, -0.1) is 0 Å². The number of carboxylic acid groups (broad SMARTS) is 1. The van der Waals surface area contributed by atoms with Gasteiger partial charge in [-0.2, -0.15) is 0 Å². The van der Waals surface area contributed by atoms with Gasteiger partial charge in [0.05, 0.1) is 16.3 Å². The Hall–Kier alpha value is -3.75. The van der Waals surface area contributed by atoms with Crippen molar-refractivity contribution in [3.05, 3.63) is 87.7 Å². The van der Waals surface area contributed by atoms with Gasteiger partial charge in [-0.25, -0.2) is 4.79 Å². The molecule has 4 rings (SSSR count). The van der Waals surface area contributed by atoms with Crippen LogP contribution >= 0.6 is 23.8 Å². The molecule has 1 fully saturated rings. The first-order valence-electron chi connectivity index (χ1n) is 11.3. The minimum Gasteiger partial charge on any atom is -0.478 e. The summed E-state index contributed by atoms with van der Waals surface area (Å²) in [6.45, 7) is 6.03. The summed E-state index contributed by atoms with van der Waals surface area (Å²) in [5, 5.41) is 9.76. The smallest absolute Gasteiger partial charge is 0.337 e. The number of carbonyl (C=O) groups excluding carboxylic acids is 2. The van der Waals surface area contributed by atoms with Crippen molar-refractivity contribution >= 4 is 58.5 Å². The highest BCUT2D eigenvalue weighted by Crippen LogP contribution is 2.29. The van der Waals surface area contributed by atoms with Crippen LogP contribution in [0.3, 0.4) is 0 Å². The van der Waals surface area contributed by atoms with Crippen LogP contribution in [0.25, 0.3) is 11.8 Å². The normalized spacial score (nSPS) is 15.2. The van der Waals surface area contributed by atoms with Gasteiger partial charge in [0.1, 0.15) is 5.57 Å². The van der Waals surface area contributed by atoms with E-state index in [1.54, 1.807) is 36.4 Å². The number of aryl methyl sites for hydroxylation is 1. The Bertz CT molecular complexity index is 1430. The van der Waals surface area contributed by atoms with Crippen LogP contribution in [0.4, 0.5) is 5.69 Å². The molecular formula is C27H24ClN3O4S. The third-order valence-electron chi connectivity index (χ3n) is 6.00. The molecule has 9 heteroatoms. The number of hydrogen-bond acceptors (Lipinski definition) is 4. The number of anilines is 1. The van der Waals surface area contributed by atoms with E-state index in [0.29, 0.717) is 29.9 Å². The molecule has 184 valence electrons. The predicted molar refractivity (Wildman–Crippen MR) is 144 cm³/mol. The fourth-order valence-electron chi connectivity index (χ4n) is 4.30. The standard InChI is InChI=1S/C27H24ClN3O4S/c1-4-12-29-24(32)22(25(33)31(27(29)36)19-8-6-5-7-9-19)14-18-13-16(2)30(17(18)3)20-10-11-23(28)21(15-20)26(34)35/h5-11,13-15H,4,12H2,1-3H3,(H,34,35)/b22-14+. The Morgan fingerprint density at radius 2 is 1.72 bits per heavy atom. The average molecular weight is 522 g/mol. The highest BCUT2D eigenvalue weighted by atomic mass is 35.5. The summed E-state index contributed by atoms with van der Waals surface area (Å²) in [4.78, 5) is 41.4. The fraction of sp³-hybridized carbons (Fsp3) is 0.185. The van der Waals surface area contributed by atoms with Gasteiger partial charge in [-0.1, -0.05) is 36.7 Å². The molecule has 1 aromatic heterocycles. The van der Waals surface area contributed by atoms with E-state index in [4.69, 9.17) is 23.8 Å². The molecule has 0 saturated carbocycles.